The maximum atomic E-state index is 12.6. The number of carbonyl (C=O) groups is 1. The highest BCUT2D eigenvalue weighted by Gasteiger charge is 2.14. The van der Waals surface area contributed by atoms with E-state index in [1.165, 1.54) is 5.56 Å². The molecule has 0 bridgehead atoms. The second-order valence-corrected chi connectivity index (χ2v) is 5.15. The van der Waals surface area contributed by atoms with E-state index in [0.29, 0.717) is 16.8 Å². The molecule has 1 heterocycles. The Morgan fingerprint density at radius 1 is 1.10 bits per heavy atom. The molecule has 0 aliphatic carbocycles. The summed E-state index contributed by atoms with van der Waals surface area (Å²) in [7, 11) is 0. The molecule has 1 aromatic heterocycles. The van der Waals surface area contributed by atoms with E-state index < -0.39 is 0 Å². The van der Waals surface area contributed by atoms with Crippen LogP contribution in [-0.4, -0.2) is 10.8 Å². The van der Waals surface area contributed by atoms with Gasteiger partial charge in [-0.05, 0) is 49.2 Å². The van der Waals surface area contributed by atoms with E-state index in [1.54, 1.807) is 18.3 Å². The first-order valence-corrected chi connectivity index (χ1v) is 6.55. The Hall–Kier alpha value is -2.55. The molecule has 3 rings (SSSR count). The summed E-state index contributed by atoms with van der Waals surface area (Å²) < 4.78 is 0. The maximum absolute atomic E-state index is 12.6. The maximum Gasteiger partial charge on any atom is 0.195 e. The molecule has 3 nitrogen and oxygen atoms in total. The first kappa shape index (κ1) is 12.5. The van der Waals surface area contributed by atoms with Gasteiger partial charge in [-0.25, -0.2) is 0 Å². The zero-order chi connectivity index (χ0) is 14.3. The molecule has 0 fully saturated rings. The van der Waals surface area contributed by atoms with Gasteiger partial charge in [-0.15, -0.1) is 0 Å². The molecule has 100 valence electrons. The normalized spacial score (nSPS) is 10.9. The molecule has 3 aromatic rings. The molecule has 0 unspecified atom stereocenters. The molecule has 0 atom stereocenters. The Balaban J connectivity index is 2.10. The molecule has 0 saturated heterocycles. The molecule has 3 N–H and O–H groups in total. The summed E-state index contributed by atoms with van der Waals surface area (Å²) in [4.78, 5) is 15.8. The number of aromatic nitrogens is 1. The Morgan fingerprint density at radius 2 is 1.90 bits per heavy atom. The molecular formula is C17H16N2O. The fourth-order valence-corrected chi connectivity index (χ4v) is 2.40. The smallest absolute Gasteiger partial charge is 0.195 e. The number of benzene rings is 2. The van der Waals surface area contributed by atoms with Crippen LogP contribution >= 0.6 is 0 Å². The van der Waals surface area contributed by atoms with Gasteiger partial charge in [0.2, 0.25) is 0 Å². The lowest BCUT2D eigenvalue weighted by Gasteiger charge is -2.04. The number of aromatic amines is 1. The van der Waals surface area contributed by atoms with Gasteiger partial charge in [0.1, 0.15) is 0 Å². The molecule has 0 aliphatic rings. The molecule has 0 saturated carbocycles. The number of nitrogen functional groups attached to an aromatic ring is 1. The van der Waals surface area contributed by atoms with Crippen molar-refractivity contribution >= 4 is 22.4 Å². The van der Waals surface area contributed by atoms with E-state index in [1.807, 2.05) is 38.1 Å². The van der Waals surface area contributed by atoms with Gasteiger partial charge in [-0.2, -0.15) is 0 Å². The number of H-pyrrole nitrogens is 1. The topological polar surface area (TPSA) is 58.9 Å². The van der Waals surface area contributed by atoms with E-state index >= 15 is 0 Å². The van der Waals surface area contributed by atoms with Gasteiger partial charge in [0, 0.05) is 33.9 Å². The quantitative estimate of drug-likeness (QED) is 0.549. The van der Waals surface area contributed by atoms with Gasteiger partial charge in [-0.1, -0.05) is 12.1 Å². The summed E-state index contributed by atoms with van der Waals surface area (Å²) in [5.74, 6) is 0.0169. The number of anilines is 1. The van der Waals surface area contributed by atoms with Crippen molar-refractivity contribution in [1.29, 1.82) is 0 Å². The van der Waals surface area contributed by atoms with Crippen LogP contribution in [0.3, 0.4) is 0 Å². The van der Waals surface area contributed by atoms with Crippen LogP contribution in [0.5, 0.6) is 0 Å². The highest BCUT2D eigenvalue weighted by atomic mass is 16.1. The molecule has 20 heavy (non-hydrogen) atoms. The van der Waals surface area contributed by atoms with Crippen LogP contribution < -0.4 is 5.73 Å². The standard InChI is InChI=1S/C17H16N2O/c1-10-3-5-13-14(9-19-16(13)7-10)17(20)12-4-6-15(18)11(2)8-12/h3-9,19H,18H2,1-2H3. The largest absolute Gasteiger partial charge is 0.399 e. The number of nitrogens with two attached hydrogens (primary N) is 1. The fraction of sp³-hybridized carbons (Fsp3) is 0.118. The van der Waals surface area contributed by atoms with Crippen molar-refractivity contribution in [2.45, 2.75) is 13.8 Å². The third-order valence-electron chi connectivity index (χ3n) is 3.61. The van der Waals surface area contributed by atoms with Crippen LogP contribution in [0.15, 0.2) is 42.6 Å². The Labute approximate surface area is 117 Å². The van der Waals surface area contributed by atoms with Gasteiger partial charge in [-0.3, -0.25) is 4.79 Å². The minimum atomic E-state index is 0.0169. The van der Waals surface area contributed by atoms with Crippen molar-refractivity contribution in [2.24, 2.45) is 0 Å². The zero-order valence-corrected chi connectivity index (χ0v) is 11.5. The van der Waals surface area contributed by atoms with Crippen LogP contribution in [0, 0.1) is 13.8 Å². The first-order chi connectivity index (χ1) is 9.56. The number of nitrogens with one attached hydrogen (secondary N) is 1. The summed E-state index contributed by atoms with van der Waals surface area (Å²) in [6, 6.07) is 11.4. The van der Waals surface area contributed by atoms with Gasteiger partial charge in [0.15, 0.2) is 5.78 Å². The Morgan fingerprint density at radius 3 is 2.65 bits per heavy atom. The molecule has 0 amide bonds. The SMILES string of the molecule is Cc1ccc2c(C(=O)c3ccc(N)c(C)c3)c[nH]c2c1. The second kappa shape index (κ2) is 4.53. The number of carbonyl (C=O) groups excluding carboxylic acids is 1. The number of rotatable bonds is 2. The van der Waals surface area contributed by atoms with E-state index in [2.05, 4.69) is 4.98 Å². The summed E-state index contributed by atoms with van der Waals surface area (Å²) in [6.45, 7) is 3.94. The Bertz CT molecular complexity index is 815. The highest BCUT2D eigenvalue weighted by Crippen LogP contribution is 2.23. The van der Waals surface area contributed by atoms with Crippen LogP contribution in [0.4, 0.5) is 5.69 Å². The lowest BCUT2D eigenvalue weighted by atomic mass is 10.00. The fourth-order valence-electron chi connectivity index (χ4n) is 2.40. The van der Waals surface area contributed by atoms with Gasteiger partial charge < -0.3 is 10.7 Å². The summed E-state index contributed by atoms with van der Waals surface area (Å²) in [6.07, 6.45) is 1.78. The molecule has 0 spiro atoms. The first-order valence-electron chi connectivity index (χ1n) is 6.55. The predicted molar refractivity (Wildman–Crippen MR) is 82.1 cm³/mol. The van der Waals surface area contributed by atoms with Crippen molar-refractivity contribution in [1.82, 2.24) is 4.98 Å². The van der Waals surface area contributed by atoms with Crippen molar-refractivity contribution < 1.29 is 4.79 Å². The van der Waals surface area contributed by atoms with Crippen molar-refractivity contribution in [3.63, 3.8) is 0 Å². The summed E-state index contributed by atoms with van der Waals surface area (Å²) in [5.41, 5.74) is 10.9. The van der Waals surface area contributed by atoms with Gasteiger partial charge in [0.25, 0.3) is 0 Å². The summed E-state index contributed by atoms with van der Waals surface area (Å²) in [5, 5.41) is 0.954. The molecule has 2 aromatic carbocycles. The summed E-state index contributed by atoms with van der Waals surface area (Å²) >= 11 is 0. The van der Waals surface area contributed by atoms with Gasteiger partial charge >= 0.3 is 0 Å². The molecule has 3 heteroatoms. The molecule has 0 radical (unpaired) electrons. The monoisotopic (exact) mass is 264 g/mol. The third kappa shape index (κ3) is 1.97. The average molecular weight is 264 g/mol. The number of hydrogen-bond donors (Lipinski definition) is 2. The van der Waals surface area contributed by atoms with Crippen molar-refractivity contribution in [3.05, 3.63) is 64.8 Å². The van der Waals surface area contributed by atoms with Gasteiger partial charge in [0.05, 0.1) is 0 Å². The minimum Gasteiger partial charge on any atom is -0.399 e. The van der Waals surface area contributed by atoms with E-state index in [-0.39, 0.29) is 5.78 Å². The van der Waals surface area contributed by atoms with E-state index in [4.69, 9.17) is 5.73 Å². The lowest BCUT2D eigenvalue weighted by Crippen LogP contribution is -2.02. The van der Waals surface area contributed by atoms with E-state index in [9.17, 15) is 4.79 Å². The molecular weight excluding hydrogens is 248 g/mol. The van der Waals surface area contributed by atoms with Crippen LogP contribution in [0.1, 0.15) is 27.0 Å². The van der Waals surface area contributed by atoms with E-state index in [0.717, 1.165) is 16.5 Å². The number of hydrogen-bond acceptors (Lipinski definition) is 2. The zero-order valence-electron chi connectivity index (χ0n) is 11.5. The van der Waals surface area contributed by atoms with Crippen molar-refractivity contribution in [3.8, 4) is 0 Å². The van der Waals surface area contributed by atoms with Crippen LogP contribution in [-0.2, 0) is 0 Å². The lowest BCUT2D eigenvalue weighted by molar-refractivity contribution is 0.104. The third-order valence-corrected chi connectivity index (χ3v) is 3.61. The van der Waals surface area contributed by atoms with Crippen molar-refractivity contribution in [2.75, 3.05) is 5.73 Å². The predicted octanol–water partition coefficient (Wildman–Crippen LogP) is 3.60. The number of ketones is 1. The second-order valence-electron chi connectivity index (χ2n) is 5.15. The molecule has 0 aliphatic heterocycles. The average Bonchev–Trinajstić information content (AvgIpc) is 2.84. The highest BCUT2D eigenvalue weighted by molar-refractivity contribution is 6.16. The van der Waals surface area contributed by atoms with Crippen LogP contribution in [0.2, 0.25) is 0 Å². The van der Waals surface area contributed by atoms with Crippen LogP contribution in [0.25, 0.3) is 10.9 Å². The number of fused-ring (bicyclic) bond motifs is 1. The number of aryl methyl sites for hydroxylation is 2. The minimum absolute atomic E-state index is 0.0169. The Kier molecular flexibility index (Phi) is 2.83.